The molecule has 1 unspecified atom stereocenters. The molecule has 0 aromatic carbocycles. The minimum atomic E-state index is -0.0870. The molecule has 0 fully saturated rings. The molecule has 5 heteroatoms. The Morgan fingerprint density at radius 2 is 2.29 bits per heavy atom. The first-order valence-electron chi connectivity index (χ1n) is 4.98. The van der Waals surface area contributed by atoms with Crippen molar-refractivity contribution in [2.45, 2.75) is 31.9 Å². The maximum atomic E-state index is 5.50. The summed E-state index contributed by atoms with van der Waals surface area (Å²) < 4.78 is 5.33. The average Bonchev–Trinajstić information content (AvgIpc) is 2.63. The molecule has 0 bridgehead atoms. The van der Waals surface area contributed by atoms with Crippen molar-refractivity contribution in [1.82, 2.24) is 5.01 Å². The Hall–Kier alpha value is -0.680. The minimum Gasteiger partial charge on any atom is -0.379 e. The molecule has 0 saturated heterocycles. The average molecular weight is 200 g/mol. The van der Waals surface area contributed by atoms with E-state index in [0.717, 1.165) is 19.5 Å². The molecule has 0 radical (unpaired) electrons. The van der Waals surface area contributed by atoms with Crippen molar-refractivity contribution >= 4 is 0 Å². The largest absolute Gasteiger partial charge is 0.379 e. The van der Waals surface area contributed by atoms with Crippen LogP contribution in [0.2, 0.25) is 0 Å². The Kier molecular flexibility index (Phi) is 3.83. The highest BCUT2D eigenvalue weighted by molar-refractivity contribution is 4.76. The van der Waals surface area contributed by atoms with Crippen LogP contribution in [0.25, 0.3) is 0 Å². The lowest BCUT2D eigenvalue weighted by atomic mass is 10.1. The number of hydrogen-bond donors (Lipinski definition) is 1. The highest BCUT2D eigenvalue weighted by Gasteiger charge is 2.21. The van der Waals surface area contributed by atoms with Crippen LogP contribution in [0.3, 0.4) is 0 Å². The van der Waals surface area contributed by atoms with Crippen molar-refractivity contribution in [3.8, 4) is 0 Å². The van der Waals surface area contributed by atoms with Crippen LogP contribution < -0.4 is 5.73 Å². The predicted molar refractivity (Wildman–Crippen MR) is 55.0 cm³/mol. The van der Waals surface area contributed by atoms with Gasteiger partial charge in [0.25, 0.3) is 0 Å². The highest BCUT2D eigenvalue weighted by Crippen LogP contribution is 2.16. The normalized spacial score (nSPS) is 22.0. The van der Waals surface area contributed by atoms with E-state index in [1.807, 2.05) is 5.01 Å². The summed E-state index contributed by atoms with van der Waals surface area (Å²) in [5.41, 5.74) is 5.41. The first kappa shape index (κ1) is 11.4. The van der Waals surface area contributed by atoms with Gasteiger partial charge in [-0.1, -0.05) is 5.22 Å². The van der Waals surface area contributed by atoms with Gasteiger partial charge < -0.3 is 10.5 Å². The lowest BCUT2D eigenvalue weighted by Gasteiger charge is -2.24. The van der Waals surface area contributed by atoms with Crippen LogP contribution in [0.5, 0.6) is 0 Å². The summed E-state index contributed by atoms with van der Waals surface area (Å²) in [6.07, 6.45) is 0.944. The lowest BCUT2D eigenvalue weighted by Crippen LogP contribution is -2.32. The molecule has 2 N–H and O–H groups in total. The first-order valence-corrected chi connectivity index (χ1v) is 4.98. The van der Waals surface area contributed by atoms with E-state index in [9.17, 15) is 0 Å². The molecule has 0 saturated carbocycles. The lowest BCUT2D eigenvalue weighted by molar-refractivity contribution is 0.00813. The molecule has 1 aliphatic heterocycles. The standard InChI is InChI=1S/C9H20N4O/c1-9(2,14-3)4-5-13-7-8(6-10)11-12-13/h8H,4-7,10H2,1-3H3. The summed E-state index contributed by atoms with van der Waals surface area (Å²) in [5, 5.41) is 10.1. The third-order valence-corrected chi connectivity index (χ3v) is 2.56. The SMILES string of the molecule is COC(C)(C)CCN1CC(CN)N=N1. The second-order valence-electron chi connectivity index (χ2n) is 4.22. The topological polar surface area (TPSA) is 63.2 Å². The fourth-order valence-corrected chi connectivity index (χ4v) is 1.22. The monoisotopic (exact) mass is 200 g/mol. The van der Waals surface area contributed by atoms with E-state index in [0.29, 0.717) is 6.54 Å². The summed E-state index contributed by atoms with van der Waals surface area (Å²) >= 11 is 0. The molecule has 1 atom stereocenters. The van der Waals surface area contributed by atoms with Crippen LogP contribution in [0, 0.1) is 0 Å². The highest BCUT2D eigenvalue weighted by atomic mass is 16.5. The van der Waals surface area contributed by atoms with Crippen LogP contribution in [-0.2, 0) is 4.74 Å². The number of hydrogen-bond acceptors (Lipinski definition) is 5. The van der Waals surface area contributed by atoms with Crippen LogP contribution in [-0.4, -0.2) is 43.4 Å². The van der Waals surface area contributed by atoms with E-state index in [1.54, 1.807) is 7.11 Å². The number of ether oxygens (including phenoxy) is 1. The predicted octanol–water partition coefficient (Wildman–Crippen LogP) is 0.812. The Morgan fingerprint density at radius 3 is 2.79 bits per heavy atom. The van der Waals surface area contributed by atoms with E-state index < -0.39 is 0 Å². The van der Waals surface area contributed by atoms with Gasteiger partial charge in [-0.15, -0.1) is 0 Å². The Labute approximate surface area is 85.3 Å². The maximum Gasteiger partial charge on any atom is 0.104 e. The maximum absolute atomic E-state index is 5.50. The van der Waals surface area contributed by atoms with Gasteiger partial charge in [-0.05, 0) is 20.3 Å². The van der Waals surface area contributed by atoms with Gasteiger partial charge in [0, 0.05) is 20.2 Å². The second kappa shape index (κ2) is 4.70. The third-order valence-electron chi connectivity index (χ3n) is 2.56. The smallest absolute Gasteiger partial charge is 0.104 e. The molecule has 1 heterocycles. The Balaban J connectivity index is 2.24. The van der Waals surface area contributed by atoms with Crippen LogP contribution in [0.1, 0.15) is 20.3 Å². The molecule has 0 aliphatic carbocycles. The van der Waals surface area contributed by atoms with Crippen molar-refractivity contribution in [3.05, 3.63) is 0 Å². The fraction of sp³-hybridized carbons (Fsp3) is 1.00. The number of rotatable bonds is 5. The number of nitrogens with two attached hydrogens (primary N) is 1. The zero-order chi connectivity index (χ0) is 10.6. The summed E-state index contributed by atoms with van der Waals surface area (Å²) in [5.74, 6) is 0. The van der Waals surface area contributed by atoms with Gasteiger partial charge >= 0.3 is 0 Å². The molecule has 0 spiro atoms. The summed E-state index contributed by atoms with van der Waals surface area (Å²) in [6.45, 7) is 6.44. The number of methoxy groups -OCH3 is 1. The van der Waals surface area contributed by atoms with Crippen molar-refractivity contribution in [2.75, 3.05) is 26.7 Å². The summed E-state index contributed by atoms with van der Waals surface area (Å²) in [7, 11) is 1.73. The zero-order valence-electron chi connectivity index (χ0n) is 9.23. The van der Waals surface area contributed by atoms with Crippen LogP contribution >= 0.6 is 0 Å². The van der Waals surface area contributed by atoms with Gasteiger partial charge in [0.1, 0.15) is 6.04 Å². The molecule has 0 aromatic rings. The molecular formula is C9H20N4O. The molecular weight excluding hydrogens is 180 g/mol. The van der Waals surface area contributed by atoms with Crippen molar-refractivity contribution in [3.63, 3.8) is 0 Å². The molecule has 1 rings (SSSR count). The van der Waals surface area contributed by atoms with Crippen molar-refractivity contribution in [1.29, 1.82) is 0 Å². The van der Waals surface area contributed by atoms with E-state index >= 15 is 0 Å². The summed E-state index contributed by atoms with van der Waals surface area (Å²) in [4.78, 5) is 0. The van der Waals surface area contributed by atoms with Gasteiger partial charge in [-0.2, -0.15) is 5.11 Å². The van der Waals surface area contributed by atoms with Crippen LogP contribution in [0.15, 0.2) is 10.3 Å². The summed E-state index contributed by atoms with van der Waals surface area (Å²) in [6, 6.07) is 0.181. The molecule has 0 amide bonds. The van der Waals surface area contributed by atoms with Crippen molar-refractivity contribution < 1.29 is 4.74 Å². The third kappa shape index (κ3) is 3.23. The van der Waals surface area contributed by atoms with E-state index in [4.69, 9.17) is 10.5 Å². The molecule has 1 aliphatic rings. The van der Waals surface area contributed by atoms with Gasteiger partial charge in [0.2, 0.25) is 0 Å². The molecule has 0 aromatic heterocycles. The van der Waals surface area contributed by atoms with Gasteiger partial charge in [0.05, 0.1) is 12.1 Å². The van der Waals surface area contributed by atoms with Gasteiger partial charge in [0.15, 0.2) is 0 Å². The van der Waals surface area contributed by atoms with E-state index in [-0.39, 0.29) is 11.6 Å². The number of nitrogens with zero attached hydrogens (tertiary/aromatic N) is 3. The minimum absolute atomic E-state index is 0.0870. The molecule has 14 heavy (non-hydrogen) atoms. The van der Waals surface area contributed by atoms with Gasteiger partial charge in [-0.25, -0.2) is 0 Å². The molecule has 5 nitrogen and oxygen atoms in total. The van der Waals surface area contributed by atoms with Gasteiger partial charge in [-0.3, -0.25) is 5.01 Å². The van der Waals surface area contributed by atoms with E-state index in [2.05, 4.69) is 24.2 Å². The first-order chi connectivity index (χ1) is 6.57. The van der Waals surface area contributed by atoms with Crippen LogP contribution in [0.4, 0.5) is 0 Å². The Morgan fingerprint density at radius 1 is 1.57 bits per heavy atom. The molecule has 82 valence electrons. The second-order valence-corrected chi connectivity index (χ2v) is 4.22. The zero-order valence-corrected chi connectivity index (χ0v) is 9.23. The van der Waals surface area contributed by atoms with E-state index in [1.165, 1.54) is 0 Å². The quantitative estimate of drug-likeness (QED) is 0.714. The fourth-order valence-electron chi connectivity index (χ4n) is 1.22. The van der Waals surface area contributed by atoms with Crippen molar-refractivity contribution in [2.24, 2.45) is 16.1 Å². The Bertz CT molecular complexity index is 205.